The van der Waals surface area contributed by atoms with Crippen LogP contribution < -0.4 is 5.43 Å². The van der Waals surface area contributed by atoms with Crippen LogP contribution in [-0.4, -0.2) is 23.4 Å². The van der Waals surface area contributed by atoms with E-state index in [1.807, 2.05) is 43.3 Å². The summed E-state index contributed by atoms with van der Waals surface area (Å²) in [7, 11) is 0. The molecule has 0 aromatic heterocycles. The molecule has 2 aromatic rings. The Morgan fingerprint density at radius 2 is 1.44 bits per heavy atom. The lowest BCUT2D eigenvalue weighted by Gasteiger charge is -2.23. The molecular formula is C23H30N2O2. The molecule has 0 aliphatic rings. The maximum atomic E-state index is 12.8. The highest BCUT2D eigenvalue weighted by atomic mass is 16.2. The molecule has 0 atom stereocenters. The minimum absolute atomic E-state index is 0.184. The van der Waals surface area contributed by atoms with E-state index in [0.29, 0.717) is 17.7 Å². The summed E-state index contributed by atoms with van der Waals surface area (Å²) in [4.78, 5) is 25.4. The largest absolute Gasteiger partial charge is 0.272 e. The van der Waals surface area contributed by atoms with Gasteiger partial charge in [-0.1, -0.05) is 56.5 Å². The molecule has 2 rings (SSSR count). The van der Waals surface area contributed by atoms with E-state index in [-0.39, 0.29) is 11.8 Å². The monoisotopic (exact) mass is 366 g/mol. The predicted molar refractivity (Wildman–Crippen MR) is 110 cm³/mol. The Kier molecular flexibility index (Phi) is 8.05. The number of benzene rings is 2. The van der Waals surface area contributed by atoms with Gasteiger partial charge in [-0.25, -0.2) is 5.01 Å². The highest BCUT2D eigenvalue weighted by Crippen LogP contribution is 2.10. The van der Waals surface area contributed by atoms with Crippen LogP contribution in [0.5, 0.6) is 0 Å². The van der Waals surface area contributed by atoms with Crippen molar-refractivity contribution in [2.75, 3.05) is 6.54 Å². The fraction of sp³-hybridized carbons (Fsp3) is 0.391. The summed E-state index contributed by atoms with van der Waals surface area (Å²) in [5, 5.41) is 1.43. The number of unbranched alkanes of at least 4 members (excludes halogenated alkanes) is 2. The highest BCUT2D eigenvalue weighted by molar-refractivity contribution is 5.99. The van der Waals surface area contributed by atoms with Crippen molar-refractivity contribution in [1.29, 1.82) is 0 Å². The predicted octanol–water partition coefficient (Wildman–Crippen LogP) is 4.92. The summed E-state index contributed by atoms with van der Waals surface area (Å²) < 4.78 is 0. The lowest BCUT2D eigenvalue weighted by Crippen LogP contribution is -2.46. The van der Waals surface area contributed by atoms with Gasteiger partial charge in [0.1, 0.15) is 0 Å². The fourth-order valence-corrected chi connectivity index (χ4v) is 2.77. The first-order chi connectivity index (χ1) is 13.0. The molecule has 0 unspecified atom stereocenters. The van der Waals surface area contributed by atoms with E-state index in [0.717, 1.165) is 37.7 Å². The van der Waals surface area contributed by atoms with Gasteiger partial charge in [0.25, 0.3) is 11.8 Å². The van der Waals surface area contributed by atoms with Gasteiger partial charge in [-0.15, -0.1) is 0 Å². The number of carbonyl (C=O) groups excluding carboxylic acids is 2. The van der Waals surface area contributed by atoms with Gasteiger partial charge in [0.2, 0.25) is 0 Å². The maximum Gasteiger partial charge on any atom is 0.272 e. The van der Waals surface area contributed by atoms with Crippen LogP contribution in [-0.2, 0) is 6.42 Å². The van der Waals surface area contributed by atoms with E-state index in [1.54, 1.807) is 12.1 Å². The van der Waals surface area contributed by atoms with E-state index in [4.69, 9.17) is 0 Å². The third-order valence-electron chi connectivity index (χ3n) is 4.55. The van der Waals surface area contributed by atoms with Crippen LogP contribution in [0.15, 0.2) is 48.5 Å². The molecule has 4 heteroatoms. The highest BCUT2D eigenvalue weighted by Gasteiger charge is 2.18. The molecule has 1 N–H and O–H groups in total. The lowest BCUT2D eigenvalue weighted by molar-refractivity contribution is 0.0580. The third kappa shape index (κ3) is 6.24. The van der Waals surface area contributed by atoms with E-state index in [1.165, 1.54) is 10.6 Å². The zero-order chi connectivity index (χ0) is 19.6. The number of nitrogens with zero attached hydrogens (tertiary/aromatic N) is 1. The van der Waals surface area contributed by atoms with Gasteiger partial charge < -0.3 is 0 Å². The number of hydrogen-bond donors (Lipinski definition) is 1. The number of hydrogen-bond acceptors (Lipinski definition) is 2. The van der Waals surface area contributed by atoms with Crippen molar-refractivity contribution in [3.63, 3.8) is 0 Å². The molecule has 2 aromatic carbocycles. The molecular weight excluding hydrogens is 336 g/mol. The van der Waals surface area contributed by atoms with Gasteiger partial charge in [0.15, 0.2) is 0 Å². The summed E-state index contributed by atoms with van der Waals surface area (Å²) in [5.41, 5.74) is 6.25. The minimum Gasteiger partial charge on any atom is -0.267 e. The second kappa shape index (κ2) is 10.5. The summed E-state index contributed by atoms with van der Waals surface area (Å²) in [5.74, 6) is -0.440. The van der Waals surface area contributed by atoms with Crippen molar-refractivity contribution in [3.8, 4) is 0 Å². The molecule has 0 saturated carbocycles. The van der Waals surface area contributed by atoms with Crippen LogP contribution in [0.4, 0.5) is 0 Å². The van der Waals surface area contributed by atoms with E-state index in [9.17, 15) is 9.59 Å². The van der Waals surface area contributed by atoms with Gasteiger partial charge in [-0.05, 0) is 56.0 Å². The smallest absolute Gasteiger partial charge is 0.267 e. The molecule has 144 valence electrons. The van der Waals surface area contributed by atoms with Crippen molar-refractivity contribution in [2.45, 2.75) is 52.9 Å². The van der Waals surface area contributed by atoms with Crippen LogP contribution in [0, 0.1) is 6.92 Å². The quantitative estimate of drug-likeness (QED) is 0.674. The average molecular weight is 367 g/mol. The second-order valence-corrected chi connectivity index (χ2v) is 6.92. The van der Waals surface area contributed by atoms with Crippen molar-refractivity contribution in [3.05, 3.63) is 70.8 Å². The van der Waals surface area contributed by atoms with Gasteiger partial charge >= 0.3 is 0 Å². The fourth-order valence-electron chi connectivity index (χ4n) is 2.77. The molecule has 2 amide bonds. The molecule has 0 spiro atoms. The first-order valence-corrected chi connectivity index (χ1v) is 9.83. The van der Waals surface area contributed by atoms with Gasteiger partial charge in [-0.3, -0.25) is 15.0 Å². The normalized spacial score (nSPS) is 10.5. The molecule has 0 fully saturated rings. The number of carbonyl (C=O) groups is 2. The maximum absolute atomic E-state index is 12.8. The zero-order valence-corrected chi connectivity index (χ0v) is 16.6. The van der Waals surface area contributed by atoms with Crippen LogP contribution in [0.2, 0.25) is 0 Å². The van der Waals surface area contributed by atoms with Crippen molar-refractivity contribution < 1.29 is 9.59 Å². The zero-order valence-electron chi connectivity index (χ0n) is 16.6. The Labute approximate surface area is 162 Å². The molecule has 0 saturated heterocycles. The molecule has 0 bridgehead atoms. The van der Waals surface area contributed by atoms with Crippen molar-refractivity contribution in [1.82, 2.24) is 10.4 Å². The summed E-state index contributed by atoms with van der Waals surface area (Å²) in [6, 6.07) is 15.0. The topological polar surface area (TPSA) is 49.4 Å². The molecule has 0 heterocycles. The van der Waals surface area contributed by atoms with Gasteiger partial charge in [0, 0.05) is 17.7 Å². The van der Waals surface area contributed by atoms with Crippen molar-refractivity contribution >= 4 is 11.8 Å². The minimum atomic E-state index is -0.256. The Balaban J connectivity index is 2.08. The number of hydrazine groups is 1. The molecule has 0 radical (unpaired) electrons. The van der Waals surface area contributed by atoms with Crippen LogP contribution >= 0.6 is 0 Å². The van der Waals surface area contributed by atoms with Crippen LogP contribution in [0.1, 0.15) is 71.4 Å². The molecule has 0 aliphatic carbocycles. The van der Waals surface area contributed by atoms with Crippen LogP contribution in [0.25, 0.3) is 0 Å². The number of aryl methyl sites for hydroxylation is 2. The average Bonchev–Trinajstić information content (AvgIpc) is 2.69. The first-order valence-electron chi connectivity index (χ1n) is 9.83. The Morgan fingerprint density at radius 1 is 0.852 bits per heavy atom. The summed E-state index contributed by atoms with van der Waals surface area (Å²) >= 11 is 0. The standard InChI is InChI=1S/C23H30N2O2/c1-4-6-8-19-11-15-20(16-12-19)22(26)24-25(17-7-5-2)23(27)21-13-9-18(3)10-14-21/h9-16H,4-8,17H2,1-3H3,(H,24,26). The molecule has 27 heavy (non-hydrogen) atoms. The van der Waals surface area contributed by atoms with Gasteiger partial charge in [0.05, 0.1) is 0 Å². The lowest BCUT2D eigenvalue weighted by atomic mass is 10.1. The third-order valence-corrected chi connectivity index (χ3v) is 4.55. The summed E-state index contributed by atoms with van der Waals surface area (Å²) in [6.07, 6.45) is 5.08. The summed E-state index contributed by atoms with van der Waals surface area (Å²) in [6.45, 7) is 6.70. The number of rotatable bonds is 8. The Morgan fingerprint density at radius 3 is 2.04 bits per heavy atom. The number of nitrogens with one attached hydrogen (secondary N) is 1. The van der Waals surface area contributed by atoms with Crippen LogP contribution in [0.3, 0.4) is 0 Å². The van der Waals surface area contributed by atoms with E-state index >= 15 is 0 Å². The van der Waals surface area contributed by atoms with E-state index < -0.39 is 0 Å². The Hall–Kier alpha value is -2.62. The van der Waals surface area contributed by atoms with Gasteiger partial charge in [-0.2, -0.15) is 0 Å². The number of amides is 2. The molecule has 0 aliphatic heterocycles. The van der Waals surface area contributed by atoms with Crippen molar-refractivity contribution in [2.24, 2.45) is 0 Å². The Bertz CT molecular complexity index is 736. The second-order valence-electron chi connectivity index (χ2n) is 6.92. The molecule has 4 nitrogen and oxygen atoms in total. The SMILES string of the molecule is CCCCc1ccc(C(=O)NN(CCCC)C(=O)c2ccc(C)cc2)cc1. The first kappa shape index (κ1) is 20.7. The van der Waals surface area contributed by atoms with E-state index in [2.05, 4.69) is 19.3 Å².